The number of amides is 2. The number of morpholine rings is 1. The second kappa shape index (κ2) is 13.9. The summed E-state index contributed by atoms with van der Waals surface area (Å²) in [5, 5.41) is 17.6. The molecular formula is C35H38N6O5. The summed E-state index contributed by atoms with van der Waals surface area (Å²) in [6.07, 6.45) is 6.22. The van der Waals surface area contributed by atoms with Gasteiger partial charge in [-0.15, -0.1) is 6.42 Å². The highest BCUT2D eigenvalue weighted by Crippen LogP contribution is 2.38. The Labute approximate surface area is 268 Å². The van der Waals surface area contributed by atoms with Crippen molar-refractivity contribution in [3.05, 3.63) is 78.0 Å². The second-order valence-electron chi connectivity index (χ2n) is 12.1. The first-order valence-corrected chi connectivity index (χ1v) is 15.1. The van der Waals surface area contributed by atoms with E-state index in [0.29, 0.717) is 41.5 Å². The Morgan fingerprint density at radius 3 is 2.54 bits per heavy atom. The van der Waals surface area contributed by atoms with Crippen LogP contribution in [0.4, 0.5) is 22.1 Å². The van der Waals surface area contributed by atoms with Crippen LogP contribution >= 0.6 is 0 Å². The molecule has 3 N–H and O–H groups in total. The molecule has 238 valence electrons. The number of aromatic nitrogens is 2. The van der Waals surface area contributed by atoms with Crippen LogP contribution in [0.2, 0.25) is 0 Å². The summed E-state index contributed by atoms with van der Waals surface area (Å²) in [4.78, 5) is 37.8. The van der Waals surface area contributed by atoms with E-state index in [9.17, 15) is 14.7 Å². The summed E-state index contributed by atoms with van der Waals surface area (Å²) in [6, 6.07) is 17.6. The number of rotatable bonds is 9. The first-order chi connectivity index (χ1) is 22.0. The number of anilines is 3. The molecule has 1 aromatic heterocycles. The second-order valence-corrected chi connectivity index (χ2v) is 12.1. The Bertz CT molecular complexity index is 1770. The molecule has 0 radical (unpaired) electrons. The van der Waals surface area contributed by atoms with Gasteiger partial charge in [-0.25, -0.2) is 9.78 Å². The Balaban J connectivity index is 1.35. The minimum atomic E-state index is -1.05. The fourth-order valence-electron chi connectivity index (χ4n) is 5.43. The minimum Gasteiger partial charge on any atom is -0.465 e. The predicted octanol–water partition coefficient (Wildman–Crippen LogP) is 5.88. The molecule has 3 aromatic carbocycles. The van der Waals surface area contributed by atoms with Gasteiger partial charge in [0, 0.05) is 71.1 Å². The van der Waals surface area contributed by atoms with Crippen molar-refractivity contribution in [2.24, 2.45) is 0 Å². The molecule has 11 heteroatoms. The van der Waals surface area contributed by atoms with Crippen LogP contribution in [-0.2, 0) is 4.74 Å². The van der Waals surface area contributed by atoms with Crippen molar-refractivity contribution in [2.45, 2.75) is 39.3 Å². The van der Waals surface area contributed by atoms with E-state index in [1.165, 1.54) is 4.90 Å². The molecule has 1 fully saturated rings. The smallest absolute Gasteiger partial charge is 0.412 e. The van der Waals surface area contributed by atoms with Gasteiger partial charge in [0.15, 0.2) is 0 Å². The van der Waals surface area contributed by atoms with Crippen molar-refractivity contribution in [3.63, 3.8) is 0 Å². The lowest BCUT2D eigenvalue weighted by Gasteiger charge is -2.34. The first-order valence-electron chi connectivity index (χ1n) is 15.1. The molecule has 5 rings (SSSR count). The minimum absolute atomic E-state index is 0.0699. The van der Waals surface area contributed by atoms with E-state index in [4.69, 9.17) is 15.9 Å². The molecule has 11 nitrogen and oxygen atoms in total. The van der Waals surface area contributed by atoms with Gasteiger partial charge in [0.25, 0.3) is 5.91 Å². The van der Waals surface area contributed by atoms with Crippen molar-refractivity contribution in [2.75, 3.05) is 43.1 Å². The molecule has 0 bridgehead atoms. The highest BCUT2D eigenvalue weighted by atomic mass is 16.5. The van der Waals surface area contributed by atoms with Crippen LogP contribution in [0.5, 0.6) is 11.6 Å². The lowest BCUT2D eigenvalue weighted by atomic mass is 10.0. The number of terminal acetylenes is 1. The van der Waals surface area contributed by atoms with Gasteiger partial charge in [-0.1, -0.05) is 30.2 Å². The Morgan fingerprint density at radius 2 is 1.85 bits per heavy atom. The van der Waals surface area contributed by atoms with E-state index >= 15 is 0 Å². The predicted molar refractivity (Wildman–Crippen MR) is 178 cm³/mol. The Kier molecular flexibility index (Phi) is 9.70. The summed E-state index contributed by atoms with van der Waals surface area (Å²) >= 11 is 0. The van der Waals surface area contributed by atoms with Crippen molar-refractivity contribution in [1.82, 2.24) is 20.2 Å². The molecule has 1 aliphatic rings. The maximum atomic E-state index is 13.2. The number of hydrogen-bond donors (Lipinski definition) is 3. The number of hydrogen-bond acceptors (Lipinski definition) is 8. The van der Waals surface area contributed by atoms with E-state index in [-0.39, 0.29) is 23.8 Å². The van der Waals surface area contributed by atoms with Gasteiger partial charge < -0.3 is 25.2 Å². The lowest BCUT2D eigenvalue weighted by Crippen LogP contribution is -2.46. The number of nitrogens with zero attached hydrogens (tertiary/aromatic N) is 4. The van der Waals surface area contributed by atoms with Crippen LogP contribution in [0.15, 0.2) is 66.9 Å². The maximum absolute atomic E-state index is 13.2. The van der Waals surface area contributed by atoms with E-state index in [1.54, 1.807) is 42.6 Å². The highest BCUT2D eigenvalue weighted by Gasteiger charge is 2.29. The number of benzene rings is 3. The number of nitrogens with one attached hydrogen (secondary N) is 2. The third-order valence-corrected chi connectivity index (χ3v) is 7.44. The molecule has 1 aliphatic heterocycles. The zero-order valence-electron chi connectivity index (χ0n) is 26.4. The highest BCUT2D eigenvalue weighted by molar-refractivity contribution is 6.04. The number of carboxylic acid groups (broad SMARTS) is 1. The van der Waals surface area contributed by atoms with Gasteiger partial charge in [0.05, 0.1) is 18.9 Å². The zero-order valence-corrected chi connectivity index (χ0v) is 26.4. The zero-order chi connectivity index (χ0) is 32.8. The molecule has 0 spiro atoms. The van der Waals surface area contributed by atoms with Crippen molar-refractivity contribution < 1.29 is 24.2 Å². The Morgan fingerprint density at radius 1 is 1.11 bits per heavy atom. The monoisotopic (exact) mass is 622 g/mol. The topological polar surface area (TPSA) is 129 Å². The molecule has 2 amide bonds. The summed E-state index contributed by atoms with van der Waals surface area (Å²) in [5.74, 6) is 3.39. The summed E-state index contributed by atoms with van der Waals surface area (Å²) < 4.78 is 11.6. The summed E-state index contributed by atoms with van der Waals surface area (Å²) in [5.41, 5.74) is 1.38. The average molecular weight is 623 g/mol. The van der Waals surface area contributed by atoms with Gasteiger partial charge in [-0.05, 0) is 58.0 Å². The lowest BCUT2D eigenvalue weighted by molar-refractivity contribution is 0.0342. The van der Waals surface area contributed by atoms with Gasteiger partial charge in [-0.3, -0.25) is 14.6 Å². The first kappa shape index (κ1) is 32.2. The van der Waals surface area contributed by atoms with Crippen LogP contribution in [0, 0.1) is 12.3 Å². The van der Waals surface area contributed by atoms with E-state index in [0.717, 1.165) is 30.4 Å². The molecule has 0 unspecified atom stereocenters. The SMILES string of the molecule is C#Cc1cc(Nc2nccc(Oc3ccc(N(C(=O)O)C(C)(C)C)c4ccccc34)n2)cc(C(=O)N[C@@H](C)CN2CCOCC2)c1. The van der Waals surface area contributed by atoms with Crippen LogP contribution in [-0.4, -0.2) is 76.4 Å². The fourth-order valence-corrected chi connectivity index (χ4v) is 5.43. The molecule has 0 saturated carbocycles. The molecule has 2 heterocycles. The normalized spacial score (nSPS) is 14.2. The number of ether oxygens (including phenoxy) is 2. The maximum Gasteiger partial charge on any atom is 0.412 e. The third kappa shape index (κ3) is 7.72. The number of carbonyl (C=O) groups excluding carboxylic acids is 1. The van der Waals surface area contributed by atoms with Crippen molar-refractivity contribution in [1.29, 1.82) is 0 Å². The summed E-state index contributed by atoms with van der Waals surface area (Å²) in [7, 11) is 0. The fraction of sp³-hybridized carbons (Fsp3) is 0.314. The van der Waals surface area contributed by atoms with E-state index in [1.807, 2.05) is 52.0 Å². The van der Waals surface area contributed by atoms with Crippen LogP contribution < -0.4 is 20.3 Å². The van der Waals surface area contributed by atoms with Gasteiger partial charge in [0.2, 0.25) is 11.8 Å². The standard InChI is InChI=1S/C35H38N6O5/c1-6-24-19-25(32(42)37-23(2)22-40-15-17-45-18-16-40)21-26(20-24)38-33-36-14-13-31(39-33)46-30-12-11-29(27-9-7-8-10-28(27)30)41(34(43)44)35(3,4)5/h1,7-14,19-21,23H,15-18,22H2,2-5H3,(H,37,42)(H,43,44)(H,36,38,39)/t23-/m0/s1. The van der Waals surface area contributed by atoms with Crippen LogP contribution in [0.3, 0.4) is 0 Å². The molecule has 0 aliphatic carbocycles. The number of carbonyl (C=O) groups is 2. The third-order valence-electron chi connectivity index (χ3n) is 7.44. The Hall–Kier alpha value is -5.18. The van der Waals surface area contributed by atoms with Crippen molar-refractivity contribution >= 4 is 40.1 Å². The molecule has 1 saturated heterocycles. The van der Waals surface area contributed by atoms with Crippen molar-refractivity contribution in [3.8, 4) is 24.0 Å². The molecule has 1 atom stereocenters. The number of fused-ring (bicyclic) bond motifs is 1. The van der Waals surface area contributed by atoms with E-state index in [2.05, 4.69) is 31.4 Å². The average Bonchev–Trinajstić information content (AvgIpc) is 3.02. The van der Waals surface area contributed by atoms with Crippen LogP contribution in [0.1, 0.15) is 43.6 Å². The van der Waals surface area contributed by atoms with E-state index < -0.39 is 11.6 Å². The van der Waals surface area contributed by atoms with Gasteiger partial charge in [-0.2, -0.15) is 4.98 Å². The molecule has 46 heavy (non-hydrogen) atoms. The van der Waals surface area contributed by atoms with Gasteiger partial charge >= 0.3 is 6.09 Å². The molecule has 4 aromatic rings. The largest absolute Gasteiger partial charge is 0.465 e. The van der Waals surface area contributed by atoms with Crippen LogP contribution in [0.25, 0.3) is 10.8 Å². The van der Waals surface area contributed by atoms with Gasteiger partial charge in [0.1, 0.15) is 5.75 Å². The quantitative estimate of drug-likeness (QED) is 0.196. The molecular weight excluding hydrogens is 584 g/mol. The summed E-state index contributed by atoms with van der Waals surface area (Å²) in [6.45, 7) is 11.3.